The lowest BCUT2D eigenvalue weighted by Gasteiger charge is -2.30. The molecule has 1 N–H and O–H groups in total. The summed E-state index contributed by atoms with van der Waals surface area (Å²) >= 11 is 0. The zero-order valence-electron chi connectivity index (χ0n) is 21.2. The summed E-state index contributed by atoms with van der Waals surface area (Å²) in [6.07, 6.45) is 0.614. The van der Waals surface area contributed by atoms with E-state index in [4.69, 9.17) is 13.9 Å². The van der Waals surface area contributed by atoms with Crippen LogP contribution >= 0.6 is 0 Å². The average molecular weight is 499 g/mol. The molecular formula is C30H30N2O5. The van der Waals surface area contributed by atoms with Gasteiger partial charge in [-0.2, -0.15) is 0 Å². The van der Waals surface area contributed by atoms with Gasteiger partial charge in [-0.25, -0.2) is 9.78 Å². The van der Waals surface area contributed by atoms with E-state index in [9.17, 15) is 9.59 Å². The van der Waals surface area contributed by atoms with Gasteiger partial charge >= 0.3 is 5.97 Å². The largest absolute Gasteiger partial charge is 0.493 e. The van der Waals surface area contributed by atoms with Crippen LogP contribution in [0.15, 0.2) is 89.3 Å². The van der Waals surface area contributed by atoms with E-state index >= 15 is 0 Å². The van der Waals surface area contributed by atoms with Crippen molar-refractivity contribution < 1.29 is 23.5 Å². The Kier molecular flexibility index (Phi) is 8.15. The first kappa shape index (κ1) is 25.9. The molecule has 1 unspecified atom stereocenters. The lowest BCUT2D eigenvalue weighted by molar-refractivity contribution is -0.153. The molecule has 0 saturated carbocycles. The first-order valence-electron chi connectivity index (χ1n) is 12.1. The number of aromatic nitrogens is 1. The van der Waals surface area contributed by atoms with Crippen molar-refractivity contribution in [1.82, 2.24) is 10.3 Å². The molecule has 1 atom stereocenters. The molecule has 4 rings (SSSR count). The number of rotatable bonds is 11. The molecule has 0 aliphatic carbocycles. The van der Waals surface area contributed by atoms with Crippen molar-refractivity contribution in [3.05, 3.63) is 108 Å². The molecule has 0 aliphatic rings. The van der Waals surface area contributed by atoms with Gasteiger partial charge in [-0.1, -0.05) is 60.7 Å². The molecule has 190 valence electrons. The summed E-state index contributed by atoms with van der Waals surface area (Å²) in [5.74, 6) is 1.10. The van der Waals surface area contributed by atoms with E-state index < -0.39 is 11.5 Å². The number of nitrogens with one attached hydrogen (secondary N) is 1. The summed E-state index contributed by atoms with van der Waals surface area (Å²) in [6.45, 7) is 4.02. The van der Waals surface area contributed by atoms with Gasteiger partial charge in [0.2, 0.25) is 11.4 Å². The average Bonchev–Trinajstić information content (AvgIpc) is 3.30. The number of Topliss-reactive ketones (excluding diaryl/α,β-unsaturated/α-hetero) is 1. The van der Waals surface area contributed by atoms with Crippen LogP contribution in [0.1, 0.15) is 29.5 Å². The smallest absolute Gasteiger partial charge is 0.338 e. The molecule has 37 heavy (non-hydrogen) atoms. The normalized spacial score (nSPS) is 12.5. The van der Waals surface area contributed by atoms with E-state index in [1.807, 2.05) is 67.6 Å². The molecule has 0 amide bonds. The van der Waals surface area contributed by atoms with Crippen LogP contribution in [0.5, 0.6) is 5.75 Å². The zero-order chi connectivity index (χ0) is 26.3. The van der Waals surface area contributed by atoms with Crippen molar-refractivity contribution in [1.29, 1.82) is 0 Å². The monoisotopic (exact) mass is 498 g/mol. The predicted molar refractivity (Wildman–Crippen MR) is 140 cm³/mol. The summed E-state index contributed by atoms with van der Waals surface area (Å²) < 4.78 is 16.7. The molecule has 1 aromatic heterocycles. The Hall–Kier alpha value is -4.23. The highest BCUT2D eigenvalue weighted by molar-refractivity contribution is 6.08. The van der Waals surface area contributed by atoms with Crippen molar-refractivity contribution in [2.24, 2.45) is 0 Å². The Balaban J connectivity index is 1.37. The summed E-state index contributed by atoms with van der Waals surface area (Å²) in [6, 6.07) is 26.2. The predicted octanol–water partition coefficient (Wildman–Crippen LogP) is 5.02. The number of methoxy groups -OCH3 is 1. The minimum absolute atomic E-state index is 0.282. The number of carbonyl (C=O) groups excluding carboxylic acids is 2. The molecule has 0 bridgehead atoms. The fraction of sp³-hybridized carbons (Fsp3) is 0.233. The zero-order valence-corrected chi connectivity index (χ0v) is 21.2. The second-order valence-corrected chi connectivity index (χ2v) is 8.65. The van der Waals surface area contributed by atoms with Crippen LogP contribution in [-0.2, 0) is 32.8 Å². The van der Waals surface area contributed by atoms with Gasteiger partial charge in [0, 0.05) is 18.5 Å². The summed E-state index contributed by atoms with van der Waals surface area (Å²) in [7, 11) is 1.28. The molecule has 7 nitrogen and oxygen atoms in total. The van der Waals surface area contributed by atoms with Crippen LogP contribution in [0.3, 0.4) is 0 Å². The van der Waals surface area contributed by atoms with E-state index in [-0.39, 0.29) is 12.3 Å². The van der Waals surface area contributed by atoms with E-state index in [1.165, 1.54) is 14.0 Å². The van der Waals surface area contributed by atoms with Crippen molar-refractivity contribution >= 4 is 11.8 Å². The lowest BCUT2D eigenvalue weighted by Crippen LogP contribution is -2.54. The minimum atomic E-state index is -1.58. The van der Waals surface area contributed by atoms with Crippen LogP contribution in [0.2, 0.25) is 0 Å². The fourth-order valence-electron chi connectivity index (χ4n) is 4.17. The SMILES string of the molecule is COC(=O)C(NCc1ccc(OCCc2nc(-c3ccccc3)oc2C)cc1)(C(C)=O)c1ccccc1. The summed E-state index contributed by atoms with van der Waals surface area (Å²) in [5.41, 5.74) is 1.64. The van der Waals surface area contributed by atoms with Gasteiger partial charge in [-0.3, -0.25) is 10.1 Å². The van der Waals surface area contributed by atoms with Gasteiger partial charge in [0.25, 0.3) is 0 Å². The van der Waals surface area contributed by atoms with Crippen molar-refractivity contribution in [2.45, 2.75) is 32.4 Å². The third-order valence-corrected chi connectivity index (χ3v) is 6.23. The summed E-state index contributed by atoms with van der Waals surface area (Å²) in [4.78, 5) is 30.1. The number of nitrogens with zero attached hydrogens (tertiary/aromatic N) is 1. The van der Waals surface area contributed by atoms with Crippen LogP contribution in [0, 0.1) is 6.92 Å². The molecule has 0 spiro atoms. The molecule has 3 aromatic carbocycles. The molecule has 4 aromatic rings. The standard InChI is InChI=1S/C30H30N2O5/c1-21-27(32-28(37-21)24-10-6-4-7-11-24)18-19-36-26-16-14-23(15-17-26)20-31-30(22(2)33,29(34)35-3)25-12-8-5-9-13-25/h4-17,31H,18-20H2,1-3H3. The van der Waals surface area contributed by atoms with Gasteiger partial charge in [-0.05, 0) is 49.2 Å². The van der Waals surface area contributed by atoms with Crippen LogP contribution in [0.4, 0.5) is 0 Å². The number of ketones is 1. The van der Waals surface area contributed by atoms with Crippen molar-refractivity contribution in [3.8, 4) is 17.2 Å². The Morgan fingerprint density at radius 1 is 0.946 bits per heavy atom. The number of benzene rings is 3. The highest BCUT2D eigenvalue weighted by Gasteiger charge is 2.45. The Morgan fingerprint density at radius 3 is 2.22 bits per heavy atom. The number of esters is 1. The minimum Gasteiger partial charge on any atom is -0.493 e. The third-order valence-electron chi connectivity index (χ3n) is 6.23. The third kappa shape index (κ3) is 5.78. The molecule has 0 radical (unpaired) electrons. The number of ether oxygens (including phenoxy) is 2. The maximum Gasteiger partial charge on any atom is 0.338 e. The number of hydrogen-bond acceptors (Lipinski definition) is 7. The van der Waals surface area contributed by atoms with E-state index in [0.29, 0.717) is 30.2 Å². The molecule has 0 fully saturated rings. The summed E-state index contributed by atoms with van der Waals surface area (Å²) in [5, 5.41) is 3.14. The van der Waals surface area contributed by atoms with Crippen LogP contribution in [-0.4, -0.2) is 30.5 Å². The van der Waals surface area contributed by atoms with Gasteiger partial charge in [0.05, 0.1) is 19.4 Å². The van der Waals surface area contributed by atoms with Crippen LogP contribution in [0.25, 0.3) is 11.5 Å². The number of carbonyl (C=O) groups is 2. The Labute approximate surface area is 216 Å². The highest BCUT2D eigenvalue weighted by atomic mass is 16.5. The number of aryl methyl sites for hydroxylation is 1. The Bertz CT molecular complexity index is 1330. The number of oxazole rings is 1. The molecule has 0 aliphatic heterocycles. The van der Waals surface area contributed by atoms with Gasteiger partial charge in [0.15, 0.2) is 5.78 Å². The molecule has 1 heterocycles. The van der Waals surface area contributed by atoms with E-state index in [1.54, 1.807) is 24.3 Å². The van der Waals surface area contributed by atoms with E-state index in [2.05, 4.69) is 10.3 Å². The highest BCUT2D eigenvalue weighted by Crippen LogP contribution is 2.26. The van der Waals surface area contributed by atoms with Crippen molar-refractivity contribution in [3.63, 3.8) is 0 Å². The van der Waals surface area contributed by atoms with Gasteiger partial charge in [-0.15, -0.1) is 0 Å². The van der Waals surface area contributed by atoms with Crippen LogP contribution < -0.4 is 10.1 Å². The quantitative estimate of drug-likeness (QED) is 0.229. The first-order chi connectivity index (χ1) is 17.9. The van der Waals surface area contributed by atoms with Gasteiger partial charge < -0.3 is 13.9 Å². The second-order valence-electron chi connectivity index (χ2n) is 8.65. The fourth-order valence-corrected chi connectivity index (χ4v) is 4.17. The number of hydrogen-bond donors (Lipinski definition) is 1. The molecular weight excluding hydrogens is 468 g/mol. The van der Waals surface area contributed by atoms with Crippen molar-refractivity contribution in [2.75, 3.05) is 13.7 Å². The van der Waals surface area contributed by atoms with Gasteiger partial charge in [0.1, 0.15) is 11.5 Å². The topological polar surface area (TPSA) is 90.7 Å². The maximum atomic E-state index is 12.8. The Morgan fingerprint density at radius 2 is 1.59 bits per heavy atom. The first-order valence-corrected chi connectivity index (χ1v) is 12.1. The lowest BCUT2D eigenvalue weighted by atomic mass is 9.85. The molecule has 0 saturated heterocycles. The molecule has 7 heteroatoms. The maximum absolute atomic E-state index is 12.8. The second kappa shape index (κ2) is 11.7. The van der Waals surface area contributed by atoms with E-state index in [0.717, 1.165) is 22.6 Å².